The van der Waals surface area contributed by atoms with Crippen LogP contribution in [0, 0.1) is 17.6 Å². The Kier molecular flexibility index (Phi) is 9.65. The minimum absolute atomic E-state index is 0.200. The van der Waals surface area contributed by atoms with Gasteiger partial charge in [0.2, 0.25) is 5.91 Å². The van der Waals surface area contributed by atoms with Crippen LogP contribution in [0.15, 0.2) is 78.9 Å². The molecule has 1 heterocycles. The zero-order valence-corrected chi connectivity index (χ0v) is 22.4. The van der Waals surface area contributed by atoms with Crippen LogP contribution in [0.4, 0.5) is 13.6 Å². The summed E-state index contributed by atoms with van der Waals surface area (Å²) in [4.78, 5) is 30.1. The Hall–Kier alpha value is -3.78. The Morgan fingerprint density at radius 3 is 1.85 bits per heavy atom. The van der Waals surface area contributed by atoms with Crippen LogP contribution in [0.3, 0.4) is 0 Å². The van der Waals surface area contributed by atoms with E-state index in [1.54, 1.807) is 29.2 Å². The van der Waals surface area contributed by atoms with Gasteiger partial charge in [0.25, 0.3) is 0 Å². The van der Waals surface area contributed by atoms with Crippen LogP contribution in [0.2, 0.25) is 0 Å². The van der Waals surface area contributed by atoms with Crippen molar-refractivity contribution in [2.45, 2.75) is 38.9 Å². The first kappa shape index (κ1) is 28.2. The number of rotatable bonds is 9. The number of hydrogen-bond acceptors (Lipinski definition) is 3. The van der Waals surface area contributed by atoms with Crippen LogP contribution in [-0.2, 0) is 11.3 Å². The predicted molar refractivity (Wildman–Crippen MR) is 148 cm³/mol. The maximum absolute atomic E-state index is 13.6. The maximum Gasteiger partial charge on any atom is 0.318 e. The van der Waals surface area contributed by atoms with Crippen LogP contribution >= 0.6 is 0 Å². The van der Waals surface area contributed by atoms with Crippen LogP contribution < -0.4 is 10.6 Å². The monoisotopic (exact) mass is 534 g/mol. The first-order chi connectivity index (χ1) is 18.8. The molecule has 3 aromatic rings. The number of hydrogen-bond donors (Lipinski definition) is 2. The van der Waals surface area contributed by atoms with E-state index in [-0.39, 0.29) is 35.5 Å². The number of carbonyl (C=O) groups is 2. The summed E-state index contributed by atoms with van der Waals surface area (Å²) in [6, 6.07) is 21.2. The number of urea groups is 1. The van der Waals surface area contributed by atoms with Gasteiger partial charge in [-0.2, -0.15) is 0 Å². The molecule has 0 aliphatic carbocycles. The second-order valence-corrected chi connectivity index (χ2v) is 10.4. The number of amides is 3. The quantitative estimate of drug-likeness (QED) is 0.401. The van der Waals surface area contributed by atoms with E-state index in [2.05, 4.69) is 15.5 Å². The summed E-state index contributed by atoms with van der Waals surface area (Å²) in [5.41, 5.74) is 2.79. The molecule has 3 aromatic carbocycles. The van der Waals surface area contributed by atoms with Crippen LogP contribution in [0.1, 0.15) is 43.0 Å². The molecular weight excluding hydrogens is 498 g/mol. The molecule has 0 aromatic heterocycles. The van der Waals surface area contributed by atoms with E-state index >= 15 is 0 Å². The summed E-state index contributed by atoms with van der Waals surface area (Å²) >= 11 is 0. The SMILES string of the molecule is CC(C)C[C@H](NC(=O)N1CCN(C(c2ccc(F)cc2)c2ccc(F)cc2)CC1)C(=O)NCc1ccccc1. The van der Waals surface area contributed by atoms with E-state index in [0.717, 1.165) is 16.7 Å². The summed E-state index contributed by atoms with van der Waals surface area (Å²) in [5, 5.41) is 5.89. The number of carbonyl (C=O) groups excluding carboxylic acids is 2. The van der Waals surface area contributed by atoms with Crippen molar-refractivity contribution in [3.8, 4) is 0 Å². The van der Waals surface area contributed by atoms with Crippen molar-refractivity contribution in [3.05, 3.63) is 107 Å². The normalized spacial score (nSPS) is 14.9. The Bertz CT molecular complexity index is 1170. The van der Waals surface area contributed by atoms with Crippen molar-refractivity contribution >= 4 is 11.9 Å². The van der Waals surface area contributed by atoms with Gasteiger partial charge in [-0.05, 0) is 53.3 Å². The summed E-state index contributed by atoms with van der Waals surface area (Å²) in [6.07, 6.45) is 0.531. The number of benzene rings is 3. The highest BCUT2D eigenvalue weighted by molar-refractivity contribution is 5.87. The number of piperazine rings is 1. The lowest BCUT2D eigenvalue weighted by Gasteiger charge is -2.40. The van der Waals surface area contributed by atoms with Gasteiger partial charge in [-0.1, -0.05) is 68.4 Å². The Morgan fingerprint density at radius 1 is 0.795 bits per heavy atom. The second-order valence-electron chi connectivity index (χ2n) is 10.4. The fraction of sp³-hybridized carbons (Fsp3) is 0.355. The molecule has 0 spiro atoms. The molecule has 0 saturated carbocycles. The molecule has 8 heteroatoms. The van der Waals surface area contributed by atoms with Crippen molar-refractivity contribution in [1.29, 1.82) is 0 Å². The molecule has 1 aliphatic rings. The fourth-order valence-corrected chi connectivity index (χ4v) is 4.94. The molecule has 6 nitrogen and oxygen atoms in total. The first-order valence-electron chi connectivity index (χ1n) is 13.4. The van der Waals surface area contributed by atoms with Gasteiger partial charge in [-0.15, -0.1) is 0 Å². The molecule has 0 bridgehead atoms. The fourth-order valence-electron chi connectivity index (χ4n) is 4.94. The average Bonchev–Trinajstić information content (AvgIpc) is 2.94. The topological polar surface area (TPSA) is 64.7 Å². The molecule has 4 rings (SSSR count). The number of halogens is 2. The highest BCUT2D eigenvalue weighted by Gasteiger charge is 2.30. The van der Waals surface area contributed by atoms with E-state index in [9.17, 15) is 18.4 Å². The van der Waals surface area contributed by atoms with Gasteiger partial charge in [0.15, 0.2) is 0 Å². The standard InChI is InChI=1S/C31H36F2N4O2/c1-22(2)20-28(30(38)34-21-23-6-4-3-5-7-23)35-31(39)37-18-16-36(17-19-37)29(24-8-12-26(32)13-9-24)25-10-14-27(33)15-11-25/h3-15,22,28-29H,16-21H2,1-2H3,(H,34,38)(H,35,39)/t28-/m0/s1. The molecule has 1 saturated heterocycles. The highest BCUT2D eigenvalue weighted by Crippen LogP contribution is 2.30. The average molecular weight is 535 g/mol. The van der Waals surface area contributed by atoms with Crippen molar-refractivity contribution < 1.29 is 18.4 Å². The first-order valence-corrected chi connectivity index (χ1v) is 13.4. The van der Waals surface area contributed by atoms with E-state index < -0.39 is 6.04 Å². The number of nitrogens with zero attached hydrogens (tertiary/aromatic N) is 2. The van der Waals surface area contributed by atoms with Gasteiger partial charge in [0.1, 0.15) is 17.7 Å². The van der Waals surface area contributed by atoms with Crippen LogP contribution in [0.5, 0.6) is 0 Å². The molecule has 0 unspecified atom stereocenters. The zero-order chi connectivity index (χ0) is 27.8. The predicted octanol–water partition coefficient (Wildman–Crippen LogP) is 5.11. The molecule has 1 fully saturated rings. The van der Waals surface area contributed by atoms with E-state index in [0.29, 0.717) is 39.1 Å². The zero-order valence-electron chi connectivity index (χ0n) is 22.4. The minimum Gasteiger partial charge on any atom is -0.350 e. The molecule has 3 amide bonds. The van der Waals surface area contributed by atoms with E-state index in [1.807, 2.05) is 44.2 Å². The molecule has 206 valence electrons. The van der Waals surface area contributed by atoms with Gasteiger partial charge in [-0.3, -0.25) is 9.69 Å². The highest BCUT2D eigenvalue weighted by atomic mass is 19.1. The summed E-state index contributed by atoms with van der Waals surface area (Å²) in [6.45, 7) is 6.51. The van der Waals surface area contributed by atoms with Crippen molar-refractivity contribution in [1.82, 2.24) is 20.4 Å². The van der Waals surface area contributed by atoms with Gasteiger partial charge >= 0.3 is 6.03 Å². The molecule has 2 N–H and O–H groups in total. The molecule has 1 atom stereocenters. The van der Waals surface area contributed by atoms with Crippen LogP contribution in [-0.4, -0.2) is 54.0 Å². The summed E-state index contributed by atoms with van der Waals surface area (Å²) in [7, 11) is 0. The lowest BCUT2D eigenvalue weighted by molar-refractivity contribution is -0.123. The number of nitrogens with one attached hydrogen (secondary N) is 2. The van der Waals surface area contributed by atoms with E-state index in [4.69, 9.17) is 0 Å². The summed E-state index contributed by atoms with van der Waals surface area (Å²) < 4.78 is 27.2. The minimum atomic E-state index is -0.634. The maximum atomic E-state index is 13.6. The third kappa shape index (κ3) is 7.86. The van der Waals surface area contributed by atoms with Crippen molar-refractivity contribution in [2.24, 2.45) is 5.92 Å². The van der Waals surface area contributed by atoms with Gasteiger partial charge < -0.3 is 15.5 Å². The van der Waals surface area contributed by atoms with Crippen molar-refractivity contribution in [2.75, 3.05) is 26.2 Å². The third-order valence-corrected chi connectivity index (χ3v) is 6.97. The molecule has 1 aliphatic heterocycles. The smallest absolute Gasteiger partial charge is 0.318 e. The molecule has 0 radical (unpaired) electrons. The summed E-state index contributed by atoms with van der Waals surface area (Å²) in [5.74, 6) is -0.613. The molecule has 39 heavy (non-hydrogen) atoms. The lowest BCUT2D eigenvalue weighted by Crippen LogP contribution is -2.56. The van der Waals surface area contributed by atoms with Crippen molar-refractivity contribution in [3.63, 3.8) is 0 Å². The third-order valence-electron chi connectivity index (χ3n) is 6.97. The second kappa shape index (κ2) is 13.3. The Balaban J connectivity index is 1.39. The van der Waals surface area contributed by atoms with Crippen LogP contribution in [0.25, 0.3) is 0 Å². The molecular formula is C31H36F2N4O2. The Morgan fingerprint density at radius 2 is 1.33 bits per heavy atom. The Labute approximate surface area is 229 Å². The van der Waals surface area contributed by atoms with Gasteiger partial charge in [0.05, 0.1) is 6.04 Å². The lowest BCUT2D eigenvalue weighted by atomic mass is 9.96. The van der Waals surface area contributed by atoms with Gasteiger partial charge in [0, 0.05) is 32.7 Å². The van der Waals surface area contributed by atoms with E-state index in [1.165, 1.54) is 24.3 Å². The van der Waals surface area contributed by atoms with Gasteiger partial charge in [-0.25, -0.2) is 13.6 Å². The largest absolute Gasteiger partial charge is 0.350 e.